The average Bonchev–Trinajstić information content (AvgIpc) is 2.85. The molecule has 0 N–H and O–H groups in total. The zero-order valence-electron chi connectivity index (χ0n) is 14.7. The normalized spacial score (nSPS) is 33.3. The Bertz CT molecular complexity index is 781. The molecule has 0 aromatic heterocycles. The summed E-state index contributed by atoms with van der Waals surface area (Å²) in [5.74, 6) is 2.10. The Kier molecular flexibility index (Phi) is 4.14. The van der Waals surface area contributed by atoms with E-state index in [4.69, 9.17) is 4.74 Å². The van der Waals surface area contributed by atoms with Crippen molar-refractivity contribution >= 4 is 28.2 Å². The fraction of sp³-hybridized carbons (Fsp3) is 0.524. The van der Waals surface area contributed by atoms with Gasteiger partial charge in [0.1, 0.15) is 12.0 Å². The van der Waals surface area contributed by atoms with Crippen LogP contribution in [0.15, 0.2) is 28.3 Å². The number of halogens is 1. The first-order chi connectivity index (χ1) is 11.9. The smallest absolute Gasteiger partial charge is 0.308 e. The molecule has 0 radical (unpaired) electrons. The number of allylic oxidation sites excluding steroid dienone is 2. The molecule has 1 aromatic rings. The maximum absolute atomic E-state index is 11.5. The van der Waals surface area contributed by atoms with Crippen LogP contribution in [0.3, 0.4) is 0 Å². The molecule has 4 rings (SSSR count). The van der Waals surface area contributed by atoms with Crippen LogP contribution in [-0.2, 0) is 16.0 Å². The first-order valence-electron chi connectivity index (χ1n) is 9.09. The molecule has 132 valence electrons. The lowest BCUT2D eigenvalue weighted by Crippen LogP contribution is -2.40. The molecule has 0 aliphatic heterocycles. The monoisotopic (exact) mass is 402 g/mol. The van der Waals surface area contributed by atoms with Gasteiger partial charge in [0.2, 0.25) is 0 Å². The second kappa shape index (κ2) is 6.08. The first-order valence-corrected chi connectivity index (χ1v) is 9.89. The second-order valence-electron chi connectivity index (χ2n) is 7.99. The highest BCUT2D eigenvalue weighted by molar-refractivity contribution is 9.11. The third-order valence-electron chi connectivity index (χ3n) is 6.71. The molecule has 0 saturated heterocycles. The molecule has 1 saturated carbocycles. The van der Waals surface area contributed by atoms with Crippen LogP contribution in [0.4, 0.5) is 0 Å². The molecule has 0 spiro atoms. The largest absolute Gasteiger partial charge is 0.427 e. The summed E-state index contributed by atoms with van der Waals surface area (Å²) in [6.45, 7) is 3.76. The zero-order valence-corrected chi connectivity index (χ0v) is 16.3. The van der Waals surface area contributed by atoms with E-state index >= 15 is 0 Å². The Balaban J connectivity index is 1.65. The van der Waals surface area contributed by atoms with E-state index in [9.17, 15) is 9.59 Å². The van der Waals surface area contributed by atoms with Gasteiger partial charge in [-0.3, -0.25) is 9.59 Å². The number of benzene rings is 1. The maximum Gasteiger partial charge on any atom is 0.308 e. The van der Waals surface area contributed by atoms with Crippen molar-refractivity contribution in [2.75, 3.05) is 0 Å². The van der Waals surface area contributed by atoms with E-state index in [1.807, 2.05) is 12.1 Å². The summed E-state index contributed by atoms with van der Waals surface area (Å²) in [4.78, 5) is 22.7. The van der Waals surface area contributed by atoms with E-state index in [-0.39, 0.29) is 11.4 Å². The van der Waals surface area contributed by atoms with Crippen LogP contribution in [-0.4, -0.2) is 12.3 Å². The number of ether oxygens (including phenoxy) is 1. The highest BCUT2D eigenvalue weighted by atomic mass is 79.9. The number of fused-ring (bicyclic) bond motifs is 5. The maximum atomic E-state index is 11.5. The Labute approximate surface area is 157 Å². The number of aryl methyl sites for hydroxylation is 1. The number of aldehydes is 1. The van der Waals surface area contributed by atoms with Gasteiger partial charge in [-0.15, -0.1) is 0 Å². The van der Waals surface area contributed by atoms with Crippen LogP contribution in [0, 0.1) is 17.3 Å². The van der Waals surface area contributed by atoms with Gasteiger partial charge < -0.3 is 4.74 Å². The van der Waals surface area contributed by atoms with Crippen molar-refractivity contribution in [3.8, 4) is 5.75 Å². The van der Waals surface area contributed by atoms with Crippen molar-refractivity contribution in [1.29, 1.82) is 0 Å². The fourth-order valence-electron chi connectivity index (χ4n) is 5.55. The van der Waals surface area contributed by atoms with Gasteiger partial charge in [-0.1, -0.05) is 28.9 Å². The van der Waals surface area contributed by atoms with Gasteiger partial charge in [-0.2, -0.15) is 0 Å². The van der Waals surface area contributed by atoms with Gasteiger partial charge in [-0.25, -0.2) is 0 Å². The number of hydrogen-bond donors (Lipinski definition) is 0. The molecule has 25 heavy (non-hydrogen) atoms. The minimum atomic E-state index is -0.273. The Morgan fingerprint density at radius 3 is 2.88 bits per heavy atom. The molecular weight excluding hydrogens is 380 g/mol. The van der Waals surface area contributed by atoms with E-state index in [1.54, 1.807) is 0 Å². The molecule has 3 unspecified atom stereocenters. The highest BCUT2D eigenvalue weighted by Gasteiger charge is 2.53. The van der Waals surface area contributed by atoms with Crippen LogP contribution in [0.25, 0.3) is 0 Å². The summed E-state index contributed by atoms with van der Waals surface area (Å²) in [7, 11) is 0. The summed E-state index contributed by atoms with van der Waals surface area (Å²) < 4.78 is 6.40. The Hall–Kier alpha value is -1.42. The number of esters is 1. The molecule has 0 heterocycles. The molecule has 0 amide bonds. The number of rotatable bonds is 2. The van der Waals surface area contributed by atoms with Gasteiger partial charge in [0.15, 0.2) is 0 Å². The van der Waals surface area contributed by atoms with Gasteiger partial charge in [-0.05, 0) is 73.1 Å². The topological polar surface area (TPSA) is 43.4 Å². The molecule has 4 heteroatoms. The van der Waals surface area contributed by atoms with Crippen molar-refractivity contribution < 1.29 is 14.3 Å². The summed E-state index contributed by atoms with van der Waals surface area (Å²) >= 11 is 3.74. The second-order valence-corrected chi connectivity index (χ2v) is 8.78. The molecule has 1 aromatic carbocycles. The van der Waals surface area contributed by atoms with Gasteiger partial charge in [0.25, 0.3) is 0 Å². The van der Waals surface area contributed by atoms with E-state index in [0.717, 1.165) is 48.4 Å². The SMILES string of the molecule is CC(=O)Oc1ccc2c(c1)CCC1C2CC[C@]2(C)C(Br)=C(C=O)CC12. The van der Waals surface area contributed by atoms with E-state index in [2.05, 4.69) is 28.9 Å². The molecule has 3 aliphatic rings. The van der Waals surface area contributed by atoms with Crippen LogP contribution in [0.2, 0.25) is 0 Å². The molecule has 3 aliphatic carbocycles. The van der Waals surface area contributed by atoms with Crippen LogP contribution in [0.5, 0.6) is 5.75 Å². The first kappa shape index (κ1) is 17.0. The Morgan fingerprint density at radius 2 is 2.16 bits per heavy atom. The van der Waals surface area contributed by atoms with Gasteiger partial charge in [0.05, 0.1) is 0 Å². The molecule has 3 nitrogen and oxygen atoms in total. The molecule has 0 bridgehead atoms. The third-order valence-corrected chi connectivity index (χ3v) is 8.13. The molecular formula is C21H23BrO3. The lowest BCUT2D eigenvalue weighted by atomic mass is 9.56. The van der Waals surface area contributed by atoms with Gasteiger partial charge >= 0.3 is 5.97 Å². The zero-order chi connectivity index (χ0) is 17.8. The fourth-order valence-corrected chi connectivity index (χ4v) is 6.30. The van der Waals surface area contributed by atoms with Crippen molar-refractivity contribution in [3.63, 3.8) is 0 Å². The minimum absolute atomic E-state index is 0.118. The highest BCUT2D eigenvalue weighted by Crippen LogP contribution is 2.63. The van der Waals surface area contributed by atoms with Crippen LogP contribution in [0.1, 0.15) is 56.6 Å². The number of carbonyl (C=O) groups excluding carboxylic acids is 2. The quantitative estimate of drug-likeness (QED) is 0.400. The summed E-state index contributed by atoms with van der Waals surface area (Å²) in [6, 6.07) is 6.13. The van der Waals surface area contributed by atoms with Crippen molar-refractivity contribution in [1.82, 2.24) is 0 Å². The molecule has 1 fully saturated rings. The number of carbonyl (C=O) groups is 2. The van der Waals surface area contributed by atoms with Crippen LogP contribution >= 0.6 is 15.9 Å². The summed E-state index contributed by atoms with van der Waals surface area (Å²) in [5, 5.41) is 0. The molecule has 4 atom stereocenters. The van der Waals surface area contributed by atoms with E-state index < -0.39 is 0 Å². The van der Waals surface area contributed by atoms with E-state index in [0.29, 0.717) is 23.5 Å². The Morgan fingerprint density at radius 1 is 1.36 bits per heavy atom. The number of hydrogen-bond acceptors (Lipinski definition) is 3. The average molecular weight is 403 g/mol. The van der Waals surface area contributed by atoms with Crippen LogP contribution < -0.4 is 4.74 Å². The minimum Gasteiger partial charge on any atom is -0.427 e. The standard InChI is InChI=1S/C21H23BrO3/c1-12(24)25-15-4-6-16-13(9-15)3-5-18-17(16)7-8-21(2)19(18)10-14(11-23)20(21)22/h4,6,9,11,17-19H,3,5,7-8,10H2,1-2H3/t17?,18?,19?,21-/m0/s1. The predicted molar refractivity (Wildman–Crippen MR) is 99.8 cm³/mol. The lowest BCUT2D eigenvalue weighted by molar-refractivity contribution is -0.131. The van der Waals surface area contributed by atoms with Crippen molar-refractivity contribution in [2.45, 2.75) is 51.9 Å². The summed E-state index contributed by atoms with van der Waals surface area (Å²) in [5.41, 5.74) is 3.82. The van der Waals surface area contributed by atoms with Crippen molar-refractivity contribution in [2.24, 2.45) is 17.3 Å². The lowest BCUT2D eigenvalue weighted by Gasteiger charge is -2.49. The van der Waals surface area contributed by atoms with Gasteiger partial charge in [0, 0.05) is 22.4 Å². The predicted octanol–water partition coefficient (Wildman–Crippen LogP) is 4.93. The third kappa shape index (κ3) is 2.61. The van der Waals surface area contributed by atoms with E-state index in [1.165, 1.54) is 18.1 Å². The summed E-state index contributed by atoms with van der Waals surface area (Å²) in [6.07, 6.45) is 6.38. The van der Waals surface area contributed by atoms with Crippen molar-refractivity contribution in [3.05, 3.63) is 39.4 Å².